The molecule has 1 aromatic heterocycles. The molecule has 3 rings (SSSR count). The van der Waals surface area contributed by atoms with Crippen molar-refractivity contribution < 1.29 is 32.8 Å². The van der Waals surface area contributed by atoms with Crippen molar-refractivity contribution in [1.29, 1.82) is 0 Å². The summed E-state index contributed by atoms with van der Waals surface area (Å²) in [5.41, 5.74) is 1.44. The second-order valence-electron chi connectivity index (χ2n) is 6.15. The smallest absolute Gasteiger partial charge is 0.248 e. The first kappa shape index (κ1) is 21.8. The molecule has 0 aliphatic rings. The average molecular weight is 428 g/mol. The Morgan fingerprint density at radius 3 is 1.55 bits per heavy atom. The molecule has 0 saturated heterocycles. The monoisotopic (exact) mass is 428 g/mol. The van der Waals surface area contributed by atoms with Gasteiger partial charge in [-0.1, -0.05) is 0 Å². The van der Waals surface area contributed by atoms with E-state index in [9.17, 15) is 0 Å². The molecule has 0 amide bonds. The molecular formula is C22H24N2O7. The zero-order chi connectivity index (χ0) is 22.4. The number of hydrogen-bond acceptors (Lipinski definition) is 9. The molecule has 164 valence electrons. The Bertz CT molecular complexity index is 1030. The van der Waals surface area contributed by atoms with E-state index in [1.165, 1.54) is 0 Å². The molecule has 31 heavy (non-hydrogen) atoms. The molecule has 0 aliphatic carbocycles. The SMILES string of the molecule is COc1cc(/C=C/c2nnc(-c3cc(OC)c(OC)c(OC)c3)o2)cc(OC)c1OC. The topological polar surface area (TPSA) is 94.3 Å². The minimum atomic E-state index is 0.309. The lowest BCUT2D eigenvalue weighted by Gasteiger charge is -2.12. The van der Waals surface area contributed by atoms with Crippen LogP contribution in [0.15, 0.2) is 28.7 Å². The van der Waals surface area contributed by atoms with Gasteiger partial charge in [-0.25, -0.2) is 0 Å². The predicted molar refractivity (Wildman–Crippen MR) is 114 cm³/mol. The molecule has 0 aliphatic heterocycles. The van der Waals surface area contributed by atoms with Gasteiger partial charge in [-0.3, -0.25) is 0 Å². The van der Waals surface area contributed by atoms with Crippen LogP contribution in [0.2, 0.25) is 0 Å². The molecule has 3 aromatic rings. The Kier molecular flexibility index (Phi) is 6.86. The third-order valence-corrected chi connectivity index (χ3v) is 4.46. The summed E-state index contributed by atoms with van der Waals surface area (Å²) in [7, 11) is 9.30. The fourth-order valence-corrected chi connectivity index (χ4v) is 2.99. The van der Waals surface area contributed by atoms with Gasteiger partial charge in [0.05, 0.1) is 42.7 Å². The summed E-state index contributed by atoms with van der Waals surface area (Å²) in [5, 5.41) is 8.19. The largest absolute Gasteiger partial charge is 0.493 e. The third-order valence-electron chi connectivity index (χ3n) is 4.46. The highest BCUT2D eigenvalue weighted by Crippen LogP contribution is 2.41. The molecular weight excluding hydrogens is 404 g/mol. The number of nitrogens with zero attached hydrogens (tertiary/aromatic N) is 2. The summed E-state index contributed by atoms with van der Waals surface area (Å²) in [4.78, 5) is 0. The van der Waals surface area contributed by atoms with E-state index in [2.05, 4.69) is 10.2 Å². The predicted octanol–water partition coefficient (Wildman–Crippen LogP) is 3.96. The Hall–Kier alpha value is -3.88. The van der Waals surface area contributed by atoms with Gasteiger partial charge in [-0.05, 0) is 35.9 Å². The van der Waals surface area contributed by atoms with Crippen molar-refractivity contribution in [1.82, 2.24) is 10.2 Å². The molecule has 0 unspecified atom stereocenters. The first-order valence-electron chi connectivity index (χ1n) is 9.20. The maximum absolute atomic E-state index is 5.77. The van der Waals surface area contributed by atoms with E-state index in [4.69, 9.17) is 32.8 Å². The van der Waals surface area contributed by atoms with E-state index in [-0.39, 0.29) is 0 Å². The van der Waals surface area contributed by atoms with Gasteiger partial charge in [0, 0.05) is 11.6 Å². The fourth-order valence-electron chi connectivity index (χ4n) is 2.99. The van der Waals surface area contributed by atoms with Gasteiger partial charge < -0.3 is 32.8 Å². The van der Waals surface area contributed by atoms with Gasteiger partial charge in [-0.2, -0.15) is 0 Å². The Labute approximate surface area is 180 Å². The van der Waals surface area contributed by atoms with E-state index in [0.717, 1.165) is 5.56 Å². The first-order chi connectivity index (χ1) is 15.1. The van der Waals surface area contributed by atoms with Crippen LogP contribution in [0.4, 0.5) is 0 Å². The zero-order valence-corrected chi connectivity index (χ0v) is 18.2. The summed E-state index contributed by atoms with van der Waals surface area (Å²) in [5.74, 6) is 3.70. The molecule has 0 spiro atoms. The van der Waals surface area contributed by atoms with Crippen LogP contribution in [-0.4, -0.2) is 52.9 Å². The van der Waals surface area contributed by atoms with Crippen molar-refractivity contribution in [2.75, 3.05) is 42.7 Å². The molecule has 1 heterocycles. The molecule has 0 bridgehead atoms. The minimum absolute atomic E-state index is 0.309. The molecule has 0 atom stereocenters. The van der Waals surface area contributed by atoms with Crippen molar-refractivity contribution in [3.05, 3.63) is 35.7 Å². The van der Waals surface area contributed by atoms with Gasteiger partial charge in [0.2, 0.25) is 23.3 Å². The summed E-state index contributed by atoms with van der Waals surface area (Å²) < 4.78 is 37.9. The van der Waals surface area contributed by atoms with Gasteiger partial charge in [0.15, 0.2) is 23.0 Å². The minimum Gasteiger partial charge on any atom is -0.493 e. The molecule has 0 N–H and O–H groups in total. The van der Waals surface area contributed by atoms with Crippen LogP contribution >= 0.6 is 0 Å². The van der Waals surface area contributed by atoms with Crippen molar-refractivity contribution in [3.8, 4) is 46.0 Å². The van der Waals surface area contributed by atoms with Gasteiger partial charge in [0.1, 0.15) is 0 Å². The lowest BCUT2D eigenvalue weighted by atomic mass is 10.1. The van der Waals surface area contributed by atoms with E-state index >= 15 is 0 Å². The second-order valence-corrected chi connectivity index (χ2v) is 6.15. The number of rotatable bonds is 9. The summed E-state index contributed by atoms with van der Waals surface area (Å²) in [6, 6.07) is 7.10. The van der Waals surface area contributed by atoms with Crippen LogP contribution in [0.1, 0.15) is 11.5 Å². The molecule has 9 heteroatoms. The van der Waals surface area contributed by atoms with Crippen LogP contribution in [0.3, 0.4) is 0 Å². The van der Waals surface area contributed by atoms with Crippen LogP contribution in [0, 0.1) is 0 Å². The lowest BCUT2D eigenvalue weighted by molar-refractivity contribution is 0.324. The normalized spacial score (nSPS) is 10.8. The molecule has 9 nitrogen and oxygen atoms in total. The molecule has 2 aromatic carbocycles. The highest BCUT2D eigenvalue weighted by molar-refractivity contribution is 5.71. The van der Waals surface area contributed by atoms with E-state index < -0.39 is 0 Å². The van der Waals surface area contributed by atoms with Crippen LogP contribution in [0.5, 0.6) is 34.5 Å². The molecule has 0 radical (unpaired) electrons. The maximum Gasteiger partial charge on any atom is 0.248 e. The Morgan fingerprint density at radius 1 is 0.613 bits per heavy atom. The van der Waals surface area contributed by atoms with Gasteiger partial charge in [-0.15, -0.1) is 10.2 Å². The number of aromatic nitrogens is 2. The van der Waals surface area contributed by atoms with E-state index in [1.54, 1.807) is 66.9 Å². The lowest BCUT2D eigenvalue weighted by Crippen LogP contribution is -1.95. The number of benzene rings is 2. The van der Waals surface area contributed by atoms with Crippen molar-refractivity contribution in [3.63, 3.8) is 0 Å². The molecule has 0 saturated carbocycles. The fraction of sp³-hybridized carbons (Fsp3) is 0.273. The zero-order valence-electron chi connectivity index (χ0n) is 18.2. The standard InChI is InChI=1S/C22H24N2O7/c1-25-15-9-13(10-16(26-2)20(15)29-5)7-8-19-23-24-22(31-19)14-11-17(27-3)21(30-6)18(12-14)28-4/h7-12H,1-6H3/b8-7+. The van der Waals surface area contributed by atoms with Crippen molar-refractivity contribution in [2.45, 2.75) is 0 Å². The van der Waals surface area contributed by atoms with E-state index in [0.29, 0.717) is 51.8 Å². The quantitative estimate of drug-likeness (QED) is 0.502. The highest BCUT2D eigenvalue weighted by atomic mass is 16.5. The van der Waals surface area contributed by atoms with Crippen molar-refractivity contribution in [2.24, 2.45) is 0 Å². The third kappa shape index (κ3) is 4.50. The Morgan fingerprint density at radius 2 is 1.10 bits per heavy atom. The maximum atomic E-state index is 5.77. The Balaban J connectivity index is 1.91. The summed E-state index contributed by atoms with van der Waals surface area (Å²) in [6.45, 7) is 0. The van der Waals surface area contributed by atoms with Gasteiger partial charge >= 0.3 is 0 Å². The van der Waals surface area contributed by atoms with E-state index in [1.807, 2.05) is 12.1 Å². The number of methoxy groups -OCH3 is 6. The van der Waals surface area contributed by atoms with Crippen LogP contribution in [-0.2, 0) is 0 Å². The number of hydrogen-bond donors (Lipinski definition) is 0. The average Bonchev–Trinajstić information content (AvgIpc) is 3.29. The van der Waals surface area contributed by atoms with Crippen molar-refractivity contribution >= 4 is 12.2 Å². The van der Waals surface area contributed by atoms with Crippen LogP contribution in [0.25, 0.3) is 23.6 Å². The molecule has 0 fully saturated rings. The van der Waals surface area contributed by atoms with Gasteiger partial charge in [0.25, 0.3) is 0 Å². The summed E-state index contributed by atoms with van der Waals surface area (Å²) >= 11 is 0. The second kappa shape index (κ2) is 9.75. The summed E-state index contributed by atoms with van der Waals surface area (Å²) in [6.07, 6.45) is 3.49. The first-order valence-corrected chi connectivity index (χ1v) is 9.20. The van der Waals surface area contributed by atoms with Crippen LogP contribution < -0.4 is 28.4 Å². The highest BCUT2D eigenvalue weighted by Gasteiger charge is 2.17. The number of ether oxygens (including phenoxy) is 6.